The summed E-state index contributed by atoms with van der Waals surface area (Å²) in [5.74, 6) is 0.577. The standard InChI is InChI=1S/C18H19N3.ClH/c1-12-5-4-6-14(9-12)17-10-13-7-8-15(21(2)3)11-16(13)18(19)20-17;/h4-11H,1-3H3,(H2,19,20);1H. The predicted molar refractivity (Wildman–Crippen MR) is 97.9 cm³/mol. The largest absolute Gasteiger partial charge is 0.383 e. The smallest absolute Gasteiger partial charge is 0.132 e. The average Bonchev–Trinajstić information content (AvgIpc) is 2.46. The van der Waals surface area contributed by atoms with E-state index in [1.807, 2.05) is 20.2 Å². The molecular formula is C18H20ClN3. The lowest BCUT2D eigenvalue weighted by atomic mass is 10.0. The van der Waals surface area contributed by atoms with Gasteiger partial charge in [-0.2, -0.15) is 0 Å². The molecule has 0 aliphatic rings. The Morgan fingerprint density at radius 1 is 1.00 bits per heavy atom. The van der Waals surface area contributed by atoms with Gasteiger partial charge in [0.15, 0.2) is 0 Å². The van der Waals surface area contributed by atoms with Crippen molar-refractivity contribution < 1.29 is 0 Å². The molecule has 1 heterocycles. The van der Waals surface area contributed by atoms with E-state index >= 15 is 0 Å². The Labute approximate surface area is 137 Å². The van der Waals surface area contributed by atoms with Crippen molar-refractivity contribution in [3.8, 4) is 11.3 Å². The molecule has 4 heteroatoms. The van der Waals surface area contributed by atoms with E-state index in [4.69, 9.17) is 5.73 Å². The van der Waals surface area contributed by atoms with Crippen molar-refractivity contribution in [3.63, 3.8) is 0 Å². The van der Waals surface area contributed by atoms with Crippen molar-refractivity contribution in [3.05, 3.63) is 54.1 Å². The van der Waals surface area contributed by atoms with Crippen LogP contribution in [-0.2, 0) is 0 Å². The maximum Gasteiger partial charge on any atom is 0.132 e. The fourth-order valence-corrected chi connectivity index (χ4v) is 2.49. The predicted octanol–water partition coefficient (Wildman–Crippen LogP) is 4.28. The molecule has 0 atom stereocenters. The number of pyridine rings is 1. The molecule has 0 aliphatic heterocycles. The van der Waals surface area contributed by atoms with Crippen LogP contribution in [-0.4, -0.2) is 19.1 Å². The Hall–Kier alpha value is -2.26. The van der Waals surface area contributed by atoms with E-state index in [2.05, 4.69) is 59.3 Å². The molecule has 0 amide bonds. The van der Waals surface area contributed by atoms with E-state index < -0.39 is 0 Å². The molecule has 0 saturated carbocycles. The van der Waals surface area contributed by atoms with E-state index in [1.54, 1.807) is 0 Å². The zero-order chi connectivity index (χ0) is 15.0. The van der Waals surface area contributed by atoms with Crippen molar-refractivity contribution in [2.24, 2.45) is 0 Å². The first-order valence-corrected chi connectivity index (χ1v) is 6.99. The van der Waals surface area contributed by atoms with Crippen LogP contribution in [0.25, 0.3) is 22.0 Å². The lowest BCUT2D eigenvalue weighted by Crippen LogP contribution is -2.08. The third-order valence-corrected chi connectivity index (χ3v) is 3.68. The van der Waals surface area contributed by atoms with Crippen LogP contribution < -0.4 is 10.6 Å². The minimum Gasteiger partial charge on any atom is -0.383 e. The molecule has 1 aromatic heterocycles. The van der Waals surface area contributed by atoms with Crippen molar-refractivity contribution in [1.82, 2.24) is 4.98 Å². The molecule has 0 fully saturated rings. The van der Waals surface area contributed by atoms with Crippen LogP contribution in [0.4, 0.5) is 11.5 Å². The Bertz CT molecular complexity index is 813. The second kappa shape index (κ2) is 6.24. The van der Waals surface area contributed by atoms with Crippen LogP contribution in [0.15, 0.2) is 48.5 Å². The van der Waals surface area contributed by atoms with Crippen molar-refractivity contribution in [2.75, 3.05) is 24.7 Å². The summed E-state index contributed by atoms with van der Waals surface area (Å²) in [6.45, 7) is 2.08. The first-order chi connectivity index (χ1) is 10.0. The highest BCUT2D eigenvalue weighted by Crippen LogP contribution is 2.29. The summed E-state index contributed by atoms with van der Waals surface area (Å²) in [7, 11) is 4.04. The van der Waals surface area contributed by atoms with Crippen molar-refractivity contribution in [1.29, 1.82) is 0 Å². The number of aromatic nitrogens is 1. The SMILES string of the molecule is Cc1cccc(-c2cc3ccc(N(C)C)cc3c(N)n2)c1.Cl. The monoisotopic (exact) mass is 313 g/mol. The number of benzene rings is 2. The molecular weight excluding hydrogens is 294 g/mol. The third-order valence-electron chi connectivity index (χ3n) is 3.68. The molecule has 3 nitrogen and oxygen atoms in total. The number of nitrogens with zero attached hydrogens (tertiary/aromatic N) is 2. The Morgan fingerprint density at radius 2 is 1.77 bits per heavy atom. The zero-order valence-corrected chi connectivity index (χ0v) is 13.8. The normalized spacial score (nSPS) is 10.3. The van der Waals surface area contributed by atoms with Crippen LogP contribution in [0.5, 0.6) is 0 Å². The number of aryl methyl sites for hydroxylation is 1. The fraction of sp³-hybridized carbons (Fsp3) is 0.167. The summed E-state index contributed by atoms with van der Waals surface area (Å²) in [6.07, 6.45) is 0. The first-order valence-electron chi connectivity index (χ1n) is 6.99. The van der Waals surface area contributed by atoms with Gasteiger partial charge in [-0.05, 0) is 36.6 Å². The number of anilines is 2. The molecule has 0 spiro atoms. The van der Waals surface area contributed by atoms with E-state index in [1.165, 1.54) is 5.56 Å². The van der Waals surface area contributed by atoms with Gasteiger partial charge < -0.3 is 10.6 Å². The average molecular weight is 314 g/mol. The first kappa shape index (κ1) is 16.1. The van der Waals surface area contributed by atoms with Gasteiger partial charge in [-0.25, -0.2) is 4.98 Å². The number of nitrogen functional groups attached to an aromatic ring is 1. The molecule has 2 aromatic carbocycles. The molecule has 0 radical (unpaired) electrons. The highest BCUT2D eigenvalue weighted by molar-refractivity contribution is 5.95. The molecule has 3 aromatic rings. The molecule has 22 heavy (non-hydrogen) atoms. The van der Waals surface area contributed by atoms with Crippen molar-refractivity contribution in [2.45, 2.75) is 6.92 Å². The molecule has 0 bridgehead atoms. The molecule has 0 aliphatic carbocycles. The maximum atomic E-state index is 6.17. The molecule has 0 unspecified atom stereocenters. The van der Waals surface area contributed by atoms with Crippen LogP contribution in [0.1, 0.15) is 5.56 Å². The van der Waals surface area contributed by atoms with Crippen LogP contribution in [0, 0.1) is 6.92 Å². The summed E-state index contributed by atoms with van der Waals surface area (Å²) < 4.78 is 0. The highest BCUT2D eigenvalue weighted by Gasteiger charge is 2.07. The summed E-state index contributed by atoms with van der Waals surface area (Å²) in [5.41, 5.74) is 10.5. The quantitative estimate of drug-likeness (QED) is 0.768. The zero-order valence-electron chi connectivity index (χ0n) is 13.0. The lowest BCUT2D eigenvalue weighted by Gasteiger charge is -2.14. The van der Waals surface area contributed by atoms with Gasteiger partial charge in [0, 0.05) is 30.7 Å². The fourth-order valence-electron chi connectivity index (χ4n) is 2.49. The van der Waals surface area contributed by atoms with E-state index in [9.17, 15) is 0 Å². The second-order valence-electron chi connectivity index (χ2n) is 5.56. The summed E-state index contributed by atoms with van der Waals surface area (Å²) in [5, 5.41) is 2.11. The van der Waals surface area contributed by atoms with Crippen LogP contribution in [0.3, 0.4) is 0 Å². The van der Waals surface area contributed by atoms with Gasteiger partial charge in [-0.3, -0.25) is 0 Å². The highest BCUT2D eigenvalue weighted by atomic mass is 35.5. The van der Waals surface area contributed by atoms with E-state index in [-0.39, 0.29) is 12.4 Å². The Morgan fingerprint density at radius 3 is 2.45 bits per heavy atom. The number of nitrogens with two attached hydrogens (primary N) is 1. The Balaban J connectivity index is 0.00000176. The summed E-state index contributed by atoms with van der Waals surface area (Å²) in [4.78, 5) is 6.64. The van der Waals surface area contributed by atoms with Gasteiger partial charge in [0.25, 0.3) is 0 Å². The topological polar surface area (TPSA) is 42.1 Å². The minimum absolute atomic E-state index is 0. The number of hydrogen-bond donors (Lipinski definition) is 1. The van der Waals surface area contributed by atoms with Gasteiger partial charge in [-0.1, -0.05) is 29.8 Å². The minimum atomic E-state index is 0. The van der Waals surface area contributed by atoms with Gasteiger partial charge in [-0.15, -0.1) is 12.4 Å². The van der Waals surface area contributed by atoms with Crippen molar-refractivity contribution >= 4 is 34.7 Å². The third kappa shape index (κ3) is 3.00. The number of rotatable bonds is 2. The lowest BCUT2D eigenvalue weighted by molar-refractivity contribution is 1.13. The molecule has 0 saturated heterocycles. The van der Waals surface area contributed by atoms with E-state index in [0.717, 1.165) is 27.7 Å². The summed E-state index contributed by atoms with van der Waals surface area (Å²) in [6, 6.07) is 16.7. The second-order valence-corrected chi connectivity index (χ2v) is 5.56. The molecule has 2 N–H and O–H groups in total. The van der Waals surface area contributed by atoms with Gasteiger partial charge in [0.2, 0.25) is 0 Å². The maximum absolute atomic E-state index is 6.17. The number of fused-ring (bicyclic) bond motifs is 1. The Kier molecular flexibility index (Phi) is 4.57. The van der Waals surface area contributed by atoms with Gasteiger partial charge in [0.1, 0.15) is 5.82 Å². The molecule has 114 valence electrons. The number of hydrogen-bond acceptors (Lipinski definition) is 3. The van der Waals surface area contributed by atoms with Gasteiger partial charge in [0.05, 0.1) is 5.69 Å². The van der Waals surface area contributed by atoms with Crippen LogP contribution in [0.2, 0.25) is 0 Å². The molecule has 3 rings (SSSR count). The van der Waals surface area contributed by atoms with E-state index in [0.29, 0.717) is 5.82 Å². The van der Waals surface area contributed by atoms with Crippen LogP contribution >= 0.6 is 12.4 Å². The van der Waals surface area contributed by atoms with Gasteiger partial charge >= 0.3 is 0 Å². The number of halogens is 1. The summed E-state index contributed by atoms with van der Waals surface area (Å²) >= 11 is 0.